The van der Waals surface area contributed by atoms with Crippen molar-refractivity contribution in [3.63, 3.8) is 0 Å². The molecule has 0 aliphatic rings. The Morgan fingerprint density at radius 2 is 1.83 bits per heavy atom. The zero-order chi connectivity index (χ0) is 17.6. The molecule has 0 spiro atoms. The summed E-state index contributed by atoms with van der Waals surface area (Å²) in [5.41, 5.74) is 0.169. The molecule has 0 bridgehead atoms. The highest BCUT2D eigenvalue weighted by molar-refractivity contribution is 5.81. The normalized spacial score (nSPS) is 12.7. The number of fused-ring (bicyclic) bond motifs is 1. The first kappa shape index (κ1) is 17.2. The summed E-state index contributed by atoms with van der Waals surface area (Å²) in [6.07, 6.45) is 1.66. The zero-order valence-corrected chi connectivity index (χ0v) is 14.9. The highest BCUT2D eigenvalue weighted by Crippen LogP contribution is 2.20. The monoisotopic (exact) mass is 319 g/mol. The molecule has 23 heavy (non-hydrogen) atoms. The molecule has 0 aliphatic carbocycles. The van der Waals surface area contributed by atoms with Gasteiger partial charge in [0.2, 0.25) is 5.91 Å². The minimum absolute atomic E-state index is 0.109. The number of nitrogens with zero attached hydrogens (tertiary/aromatic N) is 4. The first-order valence-corrected chi connectivity index (χ1v) is 7.67. The van der Waals surface area contributed by atoms with E-state index >= 15 is 0 Å². The Morgan fingerprint density at radius 1 is 1.22 bits per heavy atom. The van der Waals surface area contributed by atoms with Gasteiger partial charge >= 0.3 is 0 Å². The van der Waals surface area contributed by atoms with Crippen LogP contribution in [0.1, 0.15) is 47.2 Å². The molecule has 126 valence electrons. The average Bonchev–Trinajstić information content (AvgIpc) is 2.78. The van der Waals surface area contributed by atoms with Gasteiger partial charge in [-0.05, 0) is 48.5 Å². The standard InChI is InChI=1S/C16H25N5O2/c1-10-11-8-17-21(16(5,6)7)13(11)14(23)20(19-10)9-12(22)18-15(2,3)4/h8H,9H2,1-7H3,(H,18,22). The topological polar surface area (TPSA) is 81.8 Å². The first-order valence-electron chi connectivity index (χ1n) is 7.67. The highest BCUT2D eigenvalue weighted by Gasteiger charge is 2.23. The zero-order valence-electron chi connectivity index (χ0n) is 14.9. The lowest BCUT2D eigenvalue weighted by molar-refractivity contribution is -0.123. The smallest absolute Gasteiger partial charge is 0.293 e. The van der Waals surface area contributed by atoms with Gasteiger partial charge in [0.1, 0.15) is 12.1 Å². The molecule has 1 amide bonds. The maximum atomic E-state index is 12.8. The summed E-state index contributed by atoms with van der Waals surface area (Å²) in [5.74, 6) is -0.243. The Hall–Kier alpha value is -2.18. The SMILES string of the molecule is Cc1nn(CC(=O)NC(C)(C)C)c(=O)c2c1cnn2C(C)(C)C. The van der Waals surface area contributed by atoms with Crippen LogP contribution in [0, 0.1) is 6.92 Å². The fraction of sp³-hybridized carbons (Fsp3) is 0.625. The van der Waals surface area contributed by atoms with Crippen molar-refractivity contribution in [2.75, 3.05) is 0 Å². The molecule has 2 aromatic heterocycles. The largest absolute Gasteiger partial charge is 0.350 e. The molecule has 0 atom stereocenters. The highest BCUT2D eigenvalue weighted by atomic mass is 16.2. The van der Waals surface area contributed by atoms with Crippen LogP contribution in [-0.4, -0.2) is 31.0 Å². The number of rotatable bonds is 2. The molecule has 0 aromatic carbocycles. The van der Waals surface area contributed by atoms with E-state index in [1.807, 2.05) is 48.5 Å². The number of hydrogen-bond acceptors (Lipinski definition) is 4. The van der Waals surface area contributed by atoms with E-state index in [4.69, 9.17) is 0 Å². The lowest BCUT2D eigenvalue weighted by atomic mass is 10.1. The van der Waals surface area contributed by atoms with E-state index < -0.39 is 0 Å². The van der Waals surface area contributed by atoms with Crippen LogP contribution in [0.3, 0.4) is 0 Å². The van der Waals surface area contributed by atoms with E-state index in [0.717, 1.165) is 5.39 Å². The number of carbonyl (C=O) groups is 1. The van der Waals surface area contributed by atoms with Crippen molar-refractivity contribution in [3.8, 4) is 0 Å². The maximum absolute atomic E-state index is 12.8. The number of carbonyl (C=O) groups excluding carboxylic acids is 1. The first-order chi connectivity index (χ1) is 10.4. The summed E-state index contributed by atoms with van der Waals surface area (Å²) in [6, 6.07) is 0. The molecule has 2 heterocycles. The molecular weight excluding hydrogens is 294 g/mol. The molecule has 0 saturated carbocycles. The van der Waals surface area contributed by atoms with Gasteiger partial charge in [0, 0.05) is 10.9 Å². The van der Waals surface area contributed by atoms with E-state index in [1.54, 1.807) is 10.9 Å². The third kappa shape index (κ3) is 3.60. The molecule has 0 aliphatic heterocycles. The van der Waals surface area contributed by atoms with Gasteiger partial charge in [-0.2, -0.15) is 10.2 Å². The van der Waals surface area contributed by atoms with Gasteiger partial charge in [-0.1, -0.05) is 0 Å². The molecule has 0 unspecified atom stereocenters. The number of hydrogen-bond donors (Lipinski definition) is 1. The van der Waals surface area contributed by atoms with Gasteiger partial charge in [-0.15, -0.1) is 0 Å². The second-order valence-corrected chi connectivity index (χ2v) is 7.84. The summed E-state index contributed by atoms with van der Waals surface area (Å²) >= 11 is 0. The van der Waals surface area contributed by atoms with Gasteiger partial charge in [-0.25, -0.2) is 4.68 Å². The summed E-state index contributed by atoms with van der Waals surface area (Å²) in [5, 5.41) is 12.1. The van der Waals surface area contributed by atoms with Crippen LogP contribution in [0.2, 0.25) is 0 Å². The molecular formula is C16H25N5O2. The van der Waals surface area contributed by atoms with Crippen molar-refractivity contribution in [2.24, 2.45) is 0 Å². The molecule has 0 fully saturated rings. The van der Waals surface area contributed by atoms with Crippen LogP contribution in [-0.2, 0) is 16.9 Å². The lowest BCUT2D eigenvalue weighted by Crippen LogP contribution is -2.44. The third-order valence-corrected chi connectivity index (χ3v) is 3.31. The number of amides is 1. The average molecular weight is 319 g/mol. The van der Waals surface area contributed by atoms with Crippen molar-refractivity contribution in [1.29, 1.82) is 0 Å². The Bertz CT molecular complexity index is 803. The lowest BCUT2D eigenvalue weighted by Gasteiger charge is -2.21. The van der Waals surface area contributed by atoms with Crippen LogP contribution in [0.15, 0.2) is 11.0 Å². The summed E-state index contributed by atoms with van der Waals surface area (Å²) < 4.78 is 2.90. The van der Waals surface area contributed by atoms with E-state index in [2.05, 4.69) is 15.5 Å². The van der Waals surface area contributed by atoms with Gasteiger partial charge in [0.05, 0.1) is 17.4 Å². The van der Waals surface area contributed by atoms with Crippen molar-refractivity contribution in [2.45, 2.75) is 66.1 Å². The van der Waals surface area contributed by atoms with Crippen molar-refractivity contribution < 1.29 is 4.79 Å². The molecule has 7 heteroatoms. The summed E-state index contributed by atoms with van der Waals surface area (Å²) in [7, 11) is 0. The Balaban J connectivity index is 2.53. The van der Waals surface area contributed by atoms with Gasteiger partial charge in [0.15, 0.2) is 0 Å². The van der Waals surface area contributed by atoms with Crippen LogP contribution in [0.4, 0.5) is 0 Å². The fourth-order valence-electron chi connectivity index (χ4n) is 2.43. The van der Waals surface area contributed by atoms with E-state index in [9.17, 15) is 9.59 Å². The summed E-state index contributed by atoms with van der Waals surface area (Å²) in [4.78, 5) is 24.9. The summed E-state index contributed by atoms with van der Waals surface area (Å²) in [6.45, 7) is 13.3. The van der Waals surface area contributed by atoms with Crippen LogP contribution >= 0.6 is 0 Å². The van der Waals surface area contributed by atoms with Gasteiger partial charge in [-0.3, -0.25) is 14.3 Å². The number of aromatic nitrogens is 4. The third-order valence-electron chi connectivity index (χ3n) is 3.31. The number of aryl methyl sites for hydroxylation is 1. The molecule has 2 aromatic rings. The Labute approximate surface area is 135 Å². The minimum atomic E-state index is -0.354. The molecule has 2 rings (SSSR count). The van der Waals surface area contributed by atoms with Gasteiger partial charge in [0.25, 0.3) is 5.56 Å². The van der Waals surface area contributed by atoms with Crippen LogP contribution < -0.4 is 10.9 Å². The fourth-order valence-corrected chi connectivity index (χ4v) is 2.43. The predicted octanol–water partition coefficient (Wildman–Crippen LogP) is 1.57. The molecule has 0 saturated heterocycles. The molecule has 7 nitrogen and oxygen atoms in total. The second kappa shape index (κ2) is 5.47. The Morgan fingerprint density at radius 3 is 2.35 bits per heavy atom. The molecule has 1 N–H and O–H groups in total. The van der Waals surface area contributed by atoms with E-state index in [0.29, 0.717) is 11.2 Å². The second-order valence-electron chi connectivity index (χ2n) is 7.84. The van der Waals surface area contributed by atoms with Crippen molar-refractivity contribution in [3.05, 3.63) is 22.2 Å². The maximum Gasteiger partial charge on any atom is 0.293 e. The van der Waals surface area contributed by atoms with Crippen LogP contribution in [0.5, 0.6) is 0 Å². The predicted molar refractivity (Wildman–Crippen MR) is 89.4 cm³/mol. The van der Waals surface area contributed by atoms with Crippen molar-refractivity contribution >= 4 is 16.8 Å². The van der Waals surface area contributed by atoms with Gasteiger partial charge < -0.3 is 5.32 Å². The molecule has 0 radical (unpaired) electrons. The van der Waals surface area contributed by atoms with Crippen molar-refractivity contribution in [1.82, 2.24) is 24.9 Å². The van der Waals surface area contributed by atoms with E-state index in [1.165, 1.54) is 4.68 Å². The minimum Gasteiger partial charge on any atom is -0.350 e. The Kier molecular flexibility index (Phi) is 4.09. The van der Waals surface area contributed by atoms with E-state index in [-0.39, 0.29) is 29.1 Å². The quantitative estimate of drug-likeness (QED) is 0.911. The van der Waals surface area contributed by atoms with Crippen LogP contribution in [0.25, 0.3) is 10.9 Å². The number of nitrogens with one attached hydrogen (secondary N) is 1.